The summed E-state index contributed by atoms with van der Waals surface area (Å²) in [6, 6.07) is 18.1. The van der Waals surface area contributed by atoms with Crippen LogP contribution in [0.15, 0.2) is 54.6 Å². The Hall–Kier alpha value is -2.29. The summed E-state index contributed by atoms with van der Waals surface area (Å²) in [4.78, 5) is 10.8. The van der Waals surface area contributed by atoms with E-state index in [1.165, 1.54) is 5.56 Å². The average Bonchev–Trinajstić information content (AvgIpc) is 2.55. The summed E-state index contributed by atoms with van der Waals surface area (Å²) >= 11 is 0. The van der Waals surface area contributed by atoms with E-state index in [0.717, 1.165) is 24.2 Å². The Morgan fingerprint density at radius 1 is 1.05 bits per heavy atom. The molecular formula is C19H22O3. The molecule has 1 N–H and O–H groups in total. The van der Waals surface area contributed by atoms with Crippen molar-refractivity contribution < 1.29 is 14.6 Å². The van der Waals surface area contributed by atoms with Gasteiger partial charge in [-0.05, 0) is 42.5 Å². The van der Waals surface area contributed by atoms with Crippen molar-refractivity contribution in [2.24, 2.45) is 5.92 Å². The number of aliphatic carboxylic acids is 1. The number of hydrogen-bond donors (Lipinski definition) is 1. The van der Waals surface area contributed by atoms with Crippen molar-refractivity contribution in [3.05, 3.63) is 65.7 Å². The van der Waals surface area contributed by atoms with Crippen LogP contribution in [0.2, 0.25) is 0 Å². The number of aryl methyl sites for hydroxylation is 1. The van der Waals surface area contributed by atoms with Gasteiger partial charge in [0.1, 0.15) is 12.4 Å². The molecule has 0 heterocycles. The summed E-state index contributed by atoms with van der Waals surface area (Å²) in [5.74, 6) is -0.135. The maximum Gasteiger partial charge on any atom is 0.306 e. The maximum atomic E-state index is 10.8. The lowest BCUT2D eigenvalue weighted by Crippen LogP contribution is -2.09. The lowest BCUT2D eigenvalue weighted by molar-refractivity contribution is -0.141. The molecule has 0 saturated heterocycles. The molecule has 0 aliphatic rings. The van der Waals surface area contributed by atoms with Gasteiger partial charge in [-0.1, -0.05) is 49.4 Å². The van der Waals surface area contributed by atoms with Crippen molar-refractivity contribution in [2.75, 3.05) is 0 Å². The molecule has 0 aromatic heterocycles. The maximum absolute atomic E-state index is 10.8. The Bertz CT molecular complexity index is 575. The van der Waals surface area contributed by atoms with Crippen LogP contribution >= 0.6 is 0 Å². The number of ether oxygens (including phenoxy) is 1. The van der Waals surface area contributed by atoms with E-state index >= 15 is 0 Å². The zero-order chi connectivity index (χ0) is 15.8. The third kappa shape index (κ3) is 5.24. The molecule has 0 aliphatic heterocycles. The fourth-order valence-corrected chi connectivity index (χ4v) is 2.23. The van der Waals surface area contributed by atoms with E-state index in [4.69, 9.17) is 9.84 Å². The molecular weight excluding hydrogens is 276 g/mol. The van der Waals surface area contributed by atoms with Crippen LogP contribution in [0.3, 0.4) is 0 Å². The molecule has 0 spiro atoms. The third-order valence-corrected chi connectivity index (χ3v) is 3.70. The first kappa shape index (κ1) is 16.1. The fraction of sp³-hybridized carbons (Fsp3) is 0.316. The smallest absolute Gasteiger partial charge is 0.306 e. The molecule has 116 valence electrons. The van der Waals surface area contributed by atoms with E-state index in [2.05, 4.69) is 0 Å². The molecule has 0 radical (unpaired) electrons. The van der Waals surface area contributed by atoms with E-state index in [1.807, 2.05) is 54.6 Å². The van der Waals surface area contributed by atoms with Crippen LogP contribution in [0.4, 0.5) is 0 Å². The average molecular weight is 298 g/mol. The second-order valence-corrected chi connectivity index (χ2v) is 5.55. The first-order valence-electron chi connectivity index (χ1n) is 7.63. The summed E-state index contributed by atoms with van der Waals surface area (Å²) in [6.07, 6.45) is 2.50. The Balaban J connectivity index is 1.76. The molecule has 0 saturated carbocycles. The largest absolute Gasteiger partial charge is 0.489 e. The molecule has 0 aliphatic carbocycles. The molecule has 22 heavy (non-hydrogen) atoms. The number of carbonyl (C=O) groups is 1. The van der Waals surface area contributed by atoms with Gasteiger partial charge in [-0.3, -0.25) is 4.79 Å². The van der Waals surface area contributed by atoms with Gasteiger partial charge in [0, 0.05) is 0 Å². The second kappa shape index (κ2) is 8.23. The summed E-state index contributed by atoms with van der Waals surface area (Å²) in [5, 5.41) is 8.85. The van der Waals surface area contributed by atoms with Crippen molar-refractivity contribution in [2.45, 2.75) is 32.8 Å². The van der Waals surface area contributed by atoms with Gasteiger partial charge in [-0.15, -0.1) is 0 Å². The molecule has 2 aromatic carbocycles. The number of benzene rings is 2. The van der Waals surface area contributed by atoms with Gasteiger partial charge in [-0.25, -0.2) is 0 Å². The minimum atomic E-state index is -0.718. The van der Waals surface area contributed by atoms with Crippen molar-refractivity contribution in [1.82, 2.24) is 0 Å². The zero-order valence-electron chi connectivity index (χ0n) is 12.9. The first-order chi connectivity index (χ1) is 10.6. The second-order valence-electron chi connectivity index (χ2n) is 5.55. The highest BCUT2D eigenvalue weighted by molar-refractivity contribution is 5.69. The molecule has 0 amide bonds. The normalized spacial score (nSPS) is 11.9. The van der Waals surface area contributed by atoms with Gasteiger partial charge in [0.25, 0.3) is 0 Å². The van der Waals surface area contributed by atoms with Crippen LogP contribution in [0.5, 0.6) is 5.75 Å². The third-order valence-electron chi connectivity index (χ3n) is 3.70. The van der Waals surface area contributed by atoms with Crippen molar-refractivity contribution in [3.63, 3.8) is 0 Å². The zero-order valence-corrected chi connectivity index (χ0v) is 12.9. The van der Waals surface area contributed by atoms with Gasteiger partial charge in [0.15, 0.2) is 0 Å². The van der Waals surface area contributed by atoms with Crippen LogP contribution in [-0.2, 0) is 17.8 Å². The molecule has 2 rings (SSSR count). The lowest BCUT2D eigenvalue weighted by Gasteiger charge is -2.08. The number of rotatable bonds is 8. The molecule has 1 atom stereocenters. The van der Waals surface area contributed by atoms with Crippen LogP contribution in [0.1, 0.15) is 30.9 Å². The fourth-order valence-electron chi connectivity index (χ4n) is 2.23. The quantitative estimate of drug-likeness (QED) is 0.790. The van der Waals surface area contributed by atoms with Crippen molar-refractivity contribution in [1.29, 1.82) is 0 Å². The molecule has 0 fully saturated rings. The summed E-state index contributed by atoms with van der Waals surface area (Å²) in [5.41, 5.74) is 2.36. The van der Waals surface area contributed by atoms with Gasteiger partial charge in [0.2, 0.25) is 0 Å². The Labute approximate surface area is 131 Å². The van der Waals surface area contributed by atoms with Crippen LogP contribution in [-0.4, -0.2) is 11.1 Å². The topological polar surface area (TPSA) is 46.5 Å². The number of carboxylic acid groups (broad SMARTS) is 1. The van der Waals surface area contributed by atoms with Crippen molar-refractivity contribution >= 4 is 5.97 Å². The lowest BCUT2D eigenvalue weighted by atomic mass is 10.0. The Morgan fingerprint density at radius 2 is 1.73 bits per heavy atom. The predicted octanol–water partition coefficient (Wildman–Crippen LogP) is 4.31. The van der Waals surface area contributed by atoms with Crippen LogP contribution in [0, 0.1) is 5.92 Å². The molecule has 3 nitrogen and oxygen atoms in total. The van der Waals surface area contributed by atoms with Crippen LogP contribution in [0.25, 0.3) is 0 Å². The van der Waals surface area contributed by atoms with Crippen molar-refractivity contribution in [3.8, 4) is 5.75 Å². The molecule has 2 aromatic rings. The highest BCUT2D eigenvalue weighted by Gasteiger charge is 2.09. The van der Waals surface area contributed by atoms with E-state index < -0.39 is 5.97 Å². The van der Waals surface area contributed by atoms with Crippen LogP contribution < -0.4 is 4.74 Å². The minimum Gasteiger partial charge on any atom is -0.489 e. The van der Waals surface area contributed by atoms with Gasteiger partial charge < -0.3 is 9.84 Å². The highest BCUT2D eigenvalue weighted by atomic mass is 16.5. The molecule has 3 heteroatoms. The van der Waals surface area contributed by atoms with Gasteiger partial charge in [-0.2, -0.15) is 0 Å². The SMILES string of the molecule is CC(CCCc1ccc(OCc2ccccc2)cc1)C(=O)O. The number of carboxylic acids is 1. The Kier molecular flexibility index (Phi) is 6.01. The highest BCUT2D eigenvalue weighted by Crippen LogP contribution is 2.16. The number of hydrogen-bond acceptors (Lipinski definition) is 2. The van der Waals surface area contributed by atoms with E-state index in [0.29, 0.717) is 13.0 Å². The van der Waals surface area contributed by atoms with E-state index in [1.54, 1.807) is 6.92 Å². The van der Waals surface area contributed by atoms with Gasteiger partial charge in [0.05, 0.1) is 5.92 Å². The summed E-state index contributed by atoms with van der Waals surface area (Å²) in [7, 11) is 0. The summed E-state index contributed by atoms with van der Waals surface area (Å²) in [6.45, 7) is 2.32. The Morgan fingerprint density at radius 3 is 2.36 bits per heavy atom. The standard InChI is InChI=1S/C19H22O3/c1-15(19(20)21)6-5-9-16-10-12-18(13-11-16)22-14-17-7-3-2-4-8-17/h2-4,7-8,10-13,15H,5-6,9,14H2,1H3,(H,20,21). The monoisotopic (exact) mass is 298 g/mol. The molecule has 0 bridgehead atoms. The van der Waals surface area contributed by atoms with E-state index in [9.17, 15) is 4.79 Å². The first-order valence-corrected chi connectivity index (χ1v) is 7.63. The van der Waals surface area contributed by atoms with E-state index in [-0.39, 0.29) is 5.92 Å². The van der Waals surface area contributed by atoms with Gasteiger partial charge >= 0.3 is 5.97 Å². The molecule has 1 unspecified atom stereocenters. The minimum absolute atomic E-state index is 0.270. The summed E-state index contributed by atoms with van der Waals surface area (Å²) < 4.78 is 5.74. The predicted molar refractivity (Wildman–Crippen MR) is 87.0 cm³/mol.